The number of hydrogen-bond donors (Lipinski definition) is 2. The molecule has 0 radical (unpaired) electrons. The Morgan fingerprint density at radius 1 is 1.27 bits per heavy atom. The van der Waals surface area contributed by atoms with Gasteiger partial charge in [-0.25, -0.2) is 4.98 Å². The fourth-order valence-corrected chi connectivity index (χ4v) is 3.08. The Balaban J connectivity index is 1.86. The molecule has 1 amide bonds. The van der Waals surface area contributed by atoms with E-state index in [-0.39, 0.29) is 18.7 Å². The van der Waals surface area contributed by atoms with Crippen molar-refractivity contribution in [1.82, 2.24) is 10.3 Å². The number of carbonyl (C=O) groups is 2. The van der Waals surface area contributed by atoms with E-state index in [0.29, 0.717) is 13.0 Å². The highest BCUT2D eigenvalue weighted by Crippen LogP contribution is 2.20. The van der Waals surface area contributed by atoms with Crippen molar-refractivity contribution in [2.45, 2.75) is 32.7 Å². The van der Waals surface area contributed by atoms with Crippen LogP contribution in [0.1, 0.15) is 27.6 Å². The number of amides is 1. The Labute approximate surface area is 133 Å². The summed E-state index contributed by atoms with van der Waals surface area (Å²) in [7, 11) is 0. The van der Waals surface area contributed by atoms with Crippen LogP contribution < -0.4 is 5.32 Å². The van der Waals surface area contributed by atoms with Crippen molar-refractivity contribution >= 4 is 23.2 Å². The first kappa shape index (κ1) is 16.2. The highest BCUT2D eigenvalue weighted by molar-refractivity contribution is 7.11. The van der Waals surface area contributed by atoms with E-state index < -0.39 is 5.97 Å². The Morgan fingerprint density at radius 2 is 2.00 bits per heavy atom. The molecule has 0 saturated heterocycles. The predicted octanol–water partition coefficient (Wildman–Crippen LogP) is 2.33. The number of aliphatic carboxylic acids is 1. The van der Waals surface area contributed by atoms with Crippen LogP contribution in [0.3, 0.4) is 0 Å². The fraction of sp³-hybridized carbons (Fsp3) is 0.312. The summed E-state index contributed by atoms with van der Waals surface area (Å²) >= 11 is 1.42. The number of benzene rings is 1. The molecule has 1 heterocycles. The highest BCUT2D eigenvalue weighted by atomic mass is 32.1. The SMILES string of the molecule is Cc1nc(CC(=O)NCc2ccccc2)sc1CCC(=O)O. The third kappa shape index (κ3) is 4.96. The molecule has 0 aliphatic rings. The van der Waals surface area contributed by atoms with Crippen LogP contribution >= 0.6 is 11.3 Å². The number of carboxylic acid groups (broad SMARTS) is 1. The van der Waals surface area contributed by atoms with Gasteiger partial charge in [0, 0.05) is 11.4 Å². The molecule has 0 spiro atoms. The van der Waals surface area contributed by atoms with E-state index in [9.17, 15) is 9.59 Å². The maximum absolute atomic E-state index is 11.9. The molecule has 1 aromatic carbocycles. The van der Waals surface area contributed by atoms with E-state index in [1.54, 1.807) is 0 Å². The first-order valence-corrected chi connectivity index (χ1v) is 7.84. The zero-order valence-electron chi connectivity index (χ0n) is 12.3. The molecule has 2 aromatic rings. The van der Waals surface area contributed by atoms with E-state index in [2.05, 4.69) is 10.3 Å². The Bertz CT molecular complexity index is 653. The average Bonchev–Trinajstić information content (AvgIpc) is 2.84. The van der Waals surface area contributed by atoms with Crippen molar-refractivity contribution in [1.29, 1.82) is 0 Å². The van der Waals surface area contributed by atoms with Gasteiger partial charge in [-0.1, -0.05) is 30.3 Å². The lowest BCUT2D eigenvalue weighted by Gasteiger charge is -2.03. The maximum atomic E-state index is 11.9. The first-order chi connectivity index (χ1) is 10.5. The minimum Gasteiger partial charge on any atom is -0.481 e. The van der Waals surface area contributed by atoms with Gasteiger partial charge < -0.3 is 10.4 Å². The summed E-state index contributed by atoms with van der Waals surface area (Å²) in [6, 6.07) is 9.71. The van der Waals surface area contributed by atoms with Crippen LogP contribution in [0.15, 0.2) is 30.3 Å². The number of rotatable bonds is 7. The molecule has 6 heteroatoms. The van der Waals surface area contributed by atoms with Crippen LogP contribution in [0, 0.1) is 6.92 Å². The lowest BCUT2D eigenvalue weighted by Crippen LogP contribution is -2.24. The molecule has 2 N–H and O–H groups in total. The highest BCUT2D eigenvalue weighted by Gasteiger charge is 2.12. The van der Waals surface area contributed by atoms with Gasteiger partial charge in [0.15, 0.2) is 0 Å². The van der Waals surface area contributed by atoms with Gasteiger partial charge in [0.25, 0.3) is 0 Å². The fourth-order valence-electron chi connectivity index (χ4n) is 2.01. The van der Waals surface area contributed by atoms with Crippen LogP contribution in [-0.2, 0) is 29.0 Å². The summed E-state index contributed by atoms with van der Waals surface area (Å²) in [5.41, 5.74) is 1.87. The van der Waals surface area contributed by atoms with Crippen molar-refractivity contribution in [2.75, 3.05) is 0 Å². The lowest BCUT2D eigenvalue weighted by atomic mass is 10.2. The second kappa shape index (κ2) is 7.70. The molecule has 1 aromatic heterocycles. The number of thiazole rings is 1. The maximum Gasteiger partial charge on any atom is 0.303 e. The molecule has 0 atom stereocenters. The molecule has 0 aliphatic carbocycles. The van der Waals surface area contributed by atoms with Crippen LogP contribution in [0.5, 0.6) is 0 Å². The second-order valence-electron chi connectivity index (χ2n) is 4.95. The van der Waals surface area contributed by atoms with E-state index in [4.69, 9.17) is 5.11 Å². The molecule has 0 unspecified atom stereocenters. The Kier molecular flexibility index (Phi) is 5.66. The zero-order valence-corrected chi connectivity index (χ0v) is 13.2. The quantitative estimate of drug-likeness (QED) is 0.821. The van der Waals surface area contributed by atoms with Crippen molar-refractivity contribution in [2.24, 2.45) is 0 Å². The molecule has 0 aliphatic heterocycles. The molecule has 0 bridgehead atoms. The second-order valence-corrected chi connectivity index (χ2v) is 6.12. The molecule has 0 saturated carbocycles. The number of nitrogens with one attached hydrogen (secondary N) is 1. The molecular weight excluding hydrogens is 300 g/mol. The van der Waals surface area contributed by atoms with Crippen LogP contribution in [0.25, 0.3) is 0 Å². The van der Waals surface area contributed by atoms with Gasteiger partial charge in [0.05, 0.1) is 18.5 Å². The number of aromatic nitrogens is 1. The van der Waals surface area contributed by atoms with Gasteiger partial charge in [0.2, 0.25) is 5.91 Å². The van der Waals surface area contributed by atoms with Crippen molar-refractivity contribution < 1.29 is 14.7 Å². The smallest absolute Gasteiger partial charge is 0.303 e. The standard InChI is InChI=1S/C16H18N2O3S/c1-11-13(7-8-16(20)21)22-15(18-11)9-14(19)17-10-12-5-3-2-4-6-12/h2-6H,7-10H2,1H3,(H,17,19)(H,20,21). The van der Waals surface area contributed by atoms with Gasteiger partial charge in [0.1, 0.15) is 5.01 Å². The van der Waals surface area contributed by atoms with Crippen molar-refractivity contribution in [3.05, 3.63) is 51.5 Å². The van der Waals surface area contributed by atoms with Gasteiger partial charge in [-0.2, -0.15) is 0 Å². The monoisotopic (exact) mass is 318 g/mol. The van der Waals surface area contributed by atoms with Gasteiger partial charge in [-0.3, -0.25) is 9.59 Å². The summed E-state index contributed by atoms with van der Waals surface area (Å²) in [5, 5.41) is 12.3. The number of aryl methyl sites for hydroxylation is 2. The third-order valence-corrected chi connectivity index (χ3v) is 4.36. The Hall–Kier alpha value is -2.21. The molecule has 0 fully saturated rings. The zero-order chi connectivity index (χ0) is 15.9. The molecule has 116 valence electrons. The number of carbonyl (C=O) groups excluding carboxylic acids is 1. The summed E-state index contributed by atoms with van der Waals surface area (Å²) in [6.45, 7) is 2.34. The Morgan fingerprint density at radius 3 is 2.68 bits per heavy atom. The van der Waals surface area contributed by atoms with Crippen molar-refractivity contribution in [3.63, 3.8) is 0 Å². The number of hydrogen-bond acceptors (Lipinski definition) is 4. The number of carboxylic acids is 1. The average molecular weight is 318 g/mol. The minimum absolute atomic E-state index is 0.0811. The summed E-state index contributed by atoms with van der Waals surface area (Å²) in [4.78, 5) is 27.8. The summed E-state index contributed by atoms with van der Waals surface area (Å²) in [6.07, 6.45) is 0.776. The summed E-state index contributed by atoms with van der Waals surface area (Å²) < 4.78 is 0. The predicted molar refractivity (Wildman–Crippen MR) is 84.8 cm³/mol. The van der Waals surface area contributed by atoms with E-state index >= 15 is 0 Å². The lowest BCUT2D eigenvalue weighted by molar-refractivity contribution is -0.137. The van der Waals surface area contributed by atoms with Crippen LogP contribution in [0.2, 0.25) is 0 Å². The molecule has 5 nitrogen and oxygen atoms in total. The molecular formula is C16H18N2O3S. The van der Waals surface area contributed by atoms with Crippen molar-refractivity contribution in [3.8, 4) is 0 Å². The third-order valence-electron chi connectivity index (χ3n) is 3.15. The van der Waals surface area contributed by atoms with Crippen LogP contribution in [-0.4, -0.2) is 22.0 Å². The van der Waals surface area contributed by atoms with Gasteiger partial charge in [-0.15, -0.1) is 11.3 Å². The van der Waals surface area contributed by atoms with Gasteiger partial charge in [-0.05, 0) is 18.9 Å². The van der Waals surface area contributed by atoms with E-state index in [0.717, 1.165) is 21.1 Å². The minimum atomic E-state index is -0.824. The topological polar surface area (TPSA) is 79.3 Å². The normalized spacial score (nSPS) is 10.4. The molecule has 22 heavy (non-hydrogen) atoms. The number of nitrogens with zero attached hydrogens (tertiary/aromatic N) is 1. The van der Waals surface area contributed by atoms with E-state index in [1.807, 2.05) is 37.3 Å². The van der Waals surface area contributed by atoms with Gasteiger partial charge >= 0.3 is 5.97 Å². The van der Waals surface area contributed by atoms with E-state index in [1.165, 1.54) is 11.3 Å². The summed E-state index contributed by atoms with van der Waals surface area (Å²) in [5.74, 6) is -0.905. The van der Waals surface area contributed by atoms with Crippen LogP contribution in [0.4, 0.5) is 0 Å². The first-order valence-electron chi connectivity index (χ1n) is 7.02. The molecule has 2 rings (SSSR count). The largest absolute Gasteiger partial charge is 0.481 e.